The molecule has 1 rings (SSSR count). The molecule has 0 bridgehead atoms. The van der Waals surface area contributed by atoms with Gasteiger partial charge in [0.15, 0.2) is 6.10 Å². The molecule has 0 aliphatic heterocycles. The van der Waals surface area contributed by atoms with Gasteiger partial charge in [0, 0.05) is 7.11 Å². The smallest absolute Gasteiger partial charge is 0.382 e. The SMILES string of the molecule is COCCOCCOCCOCCOCCOCCOCCOC1C(OP(=O)(O)O)[C@H](OP(=O)(O)O)C(OO)C(OP(=O)(O)O)[C@@H]1OP(=O)(O)O. The standard InChI is InChI=1S/C21H46O26P4/c1-35-2-3-36-4-5-37-6-7-38-8-9-39-10-11-40-12-13-41-14-15-42-16-18(44-48(23,24)25)20(46-50(29,30)31)17(43-22)21(47-51(32,33)34)19(16)45-49(26,27)28/h16-22H,2-15H2,1H3,(H2,23,24,25)(H2,26,27,28)(H2,29,30,31)(H2,32,33,34)/t16?,17?,18-,19?,20?,21-/m1/s1. The van der Waals surface area contributed by atoms with Crippen molar-refractivity contribution in [2.45, 2.75) is 36.6 Å². The van der Waals surface area contributed by atoms with E-state index >= 15 is 0 Å². The van der Waals surface area contributed by atoms with Crippen LogP contribution in [0.1, 0.15) is 0 Å². The molecule has 0 saturated heterocycles. The van der Waals surface area contributed by atoms with Crippen molar-refractivity contribution in [1.82, 2.24) is 0 Å². The second kappa shape index (κ2) is 25.2. The monoisotopic (exact) mass is 838 g/mol. The Morgan fingerprint density at radius 3 is 0.843 bits per heavy atom. The maximum Gasteiger partial charge on any atom is 0.470 e. The fourth-order valence-electron chi connectivity index (χ4n) is 4.13. The fourth-order valence-corrected chi connectivity index (χ4v) is 6.36. The van der Waals surface area contributed by atoms with Crippen LogP contribution in [0.15, 0.2) is 0 Å². The molecule has 30 heteroatoms. The Kier molecular flexibility index (Phi) is 24.3. The van der Waals surface area contributed by atoms with Gasteiger partial charge in [-0.3, -0.25) is 23.4 Å². The highest BCUT2D eigenvalue weighted by atomic mass is 31.2. The summed E-state index contributed by atoms with van der Waals surface area (Å²) in [6.07, 6.45) is -15.2. The van der Waals surface area contributed by atoms with Crippen LogP contribution in [0.5, 0.6) is 0 Å². The number of methoxy groups -OCH3 is 1. The molecule has 1 aliphatic carbocycles. The van der Waals surface area contributed by atoms with E-state index in [-0.39, 0.29) is 33.0 Å². The maximum absolute atomic E-state index is 11.8. The van der Waals surface area contributed by atoms with Gasteiger partial charge in [0.05, 0.1) is 92.5 Å². The average Bonchev–Trinajstić information content (AvgIpc) is 2.98. The zero-order valence-corrected chi connectivity index (χ0v) is 30.7. The summed E-state index contributed by atoms with van der Waals surface area (Å²) < 4.78 is 107. The lowest BCUT2D eigenvalue weighted by Crippen LogP contribution is -2.66. The first kappa shape index (κ1) is 49.1. The van der Waals surface area contributed by atoms with Crippen molar-refractivity contribution in [2.75, 3.05) is 99.6 Å². The van der Waals surface area contributed by atoms with Gasteiger partial charge < -0.3 is 77.0 Å². The molecular formula is C21H46O26P4. The maximum atomic E-state index is 11.8. The third-order valence-corrected chi connectivity index (χ3v) is 8.00. The van der Waals surface area contributed by atoms with Crippen molar-refractivity contribution in [3.05, 3.63) is 0 Å². The molecule has 1 fully saturated rings. The second-order valence-corrected chi connectivity index (χ2v) is 14.6. The van der Waals surface area contributed by atoms with E-state index in [4.69, 9.17) is 37.9 Å². The van der Waals surface area contributed by atoms with Gasteiger partial charge in [0.25, 0.3) is 0 Å². The van der Waals surface area contributed by atoms with Crippen molar-refractivity contribution < 1.29 is 124 Å². The average molecular weight is 838 g/mol. The Labute approximate surface area is 291 Å². The normalized spacial score (nSPS) is 23.6. The summed E-state index contributed by atoms with van der Waals surface area (Å²) in [6, 6.07) is 0. The number of hydrogen-bond acceptors (Lipinski definition) is 18. The molecule has 0 spiro atoms. The van der Waals surface area contributed by atoms with Gasteiger partial charge in [-0.05, 0) is 0 Å². The predicted octanol–water partition coefficient (Wildman–Crippen LogP) is -2.10. The second-order valence-electron chi connectivity index (χ2n) is 9.81. The van der Waals surface area contributed by atoms with Crippen molar-refractivity contribution in [3.63, 3.8) is 0 Å². The van der Waals surface area contributed by atoms with Crippen LogP contribution >= 0.6 is 31.3 Å². The minimum atomic E-state index is -5.71. The summed E-state index contributed by atoms with van der Waals surface area (Å²) in [6.45, 7) is 2.61. The Hall–Kier alpha value is 0.0400. The molecule has 0 heterocycles. The molecule has 0 aromatic rings. The van der Waals surface area contributed by atoms with E-state index in [1.165, 1.54) is 0 Å². The highest BCUT2D eigenvalue weighted by Crippen LogP contribution is 2.53. The summed E-state index contributed by atoms with van der Waals surface area (Å²) in [4.78, 5) is 79.2. The number of ether oxygens (including phenoxy) is 8. The number of phosphoric ester groups is 4. The molecule has 0 amide bonds. The van der Waals surface area contributed by atoms with E-state index in [9.17, 15) is 62.7 Å². The van der Waals surface area contributed by atoms with E-state index in [0.29, 0.717) is 52.9 Å². The van der Waals surface area contributed by atoms with Gasteiger partial charge in [-0.1, -0.05) is 0 Å². The lowest BCUT2D eigenvalue weighted by molar-refractivity contribution is -0.343. The predicted molar refractivity (Wildman–Crippen MR) is 162 cm³/mol. The summed E-state index contributed by atoms with van der Waals surface area (Å²) in [7, 11) is -21.2. The summed E-state index contributed by atoms with van der Waals surface area (Å²) >= 11 is 0. The molecule has 6 atom stereocenters. The first-order valence-electron chi connectivity index (χ1n) is 14.6. The molecule has 26 nitrogen and oxygen atoms in total. The first-order chi connectivity index (χ1) is 23.8. The van der Waals surface area contributed by atoms with Gasteiger partial charge in [-0.25, -0.2) is 23.1 Å². The van der Waals surface area contributed by atoms with Crippen LogP contribution in [0.2, 0.25) is 0 Å². The van der Waals surface area contributed by atoms with Crippen LogP contribution in [0.25, 0.3) is 0 Å². The van der Waals surface area contributed by atoms with Crippen LogP contribution in [0.4, 0.5) is 0 Å². The van der Waals surface area contributed by atoms with Gasteiger partial charge >= 0.3 is 31.3 Å². The first-order valence-corrected chi connectivity index (χ1v) is 20.7. The molecule has 0 aromatic carbocycles. The number of phosphoric acid groups is 4. The van der Waals surface area contributed by atoms with E-state index in [0.717, 1.165) is 0 Å². The Morgan fingerprint density at radius 1 is 0.373 bits per heavy atom. The highest BCUT2D eigenvalue weighted by molar-refractivity contribution is 7.47. The van der Waals surface area contributed by atoms with E-state index < -0.39 is 74.5 Å². The third-order valence-electron chi connectivity index (χ3n) is 5.93. The molecule has 51 heavy (non-hydrogen) atoms. The molecular weight excluding hydrogens is 792 g/mol. The summed E-state index contributed by atoms with van der Waals surface area (Å²) in [5, 5.41) is 9.44. The molecule has 306 valence electrons. The van der Waals surface area contributed by atoms with Crippen LogP contribution in [-0.2, 0) is 79.1 Å². The van der Waals surface area contributed by atoms with E-state index in [1.807, 2.05) is 0 Å². The molecule has 0 aromatic heterocycles. The zero-order valence-electron chi connectivity index (χ0n) is 27.1. The van der Waals surface area contributed by atoms with Crippen molar-refractivity contribution in [3.8, 4) is 0 Å². The van der Waals surface area contributed by atoms with Gasteiger partial charge in [-0.15, -0.1) is 0 Å². The van der Waals surface area contributed by atoms with E-state index in [1.54, 1.807) is 7.11 Å². The quantitative estimate of drug-likeness (QED) is 0.0156. The molecule has 0 radical (unpaired) electrons. The van der Waals surface area contributed by atoms with Gasteiger partial charge in [0.1, 0.15) is 30.5 Å². The lowest BCUT2D eigenvalue weighted by atomic mass is 9.85. The Balaban J connectivity index is 2.64. The molecule has 1 aliphatic rings. The minimum absolute atomic E-state index is 0.0373. The largest absolute Gasteiger partial charge is 0.470 e. The Morgan fingerprint density at radius 2 is 0.608 bits per heavy atom. The van der Waals surface area contributed by atoms with Crippen LogP contribution in [0, 0.1) is 0 Å². The van der Waals surface area contributed by atoms with Crippen molar-refractivity contribution in [2.24, 2.45) is 0 Å². The molecule has 9 N–H and O–H groups in total. The topological polar surface area (TPSA) is 370 Å². The minimum Gasteiger partial charge on any atom is -0.382 e. The summed E-state index contributed by atoms with van der Waals surface area (Å²) in [5.74, 6) is 0. The zero-order chi connectivity index (χ0) is 38.6. The van der Waals surface area contributed by atoms with Crippen LogP contribution in [0.3, 0.4) is 0 Å². The number of rotatable bonds is 31. The lowest BCUT2D eigenvalue weighted by Gasteiger charge is -2.47. The van der Waals surface area contributed by atoms with Crippen molar-refractivity contribution >= 4 is 31.3 Å². The van der Waals surface area contributed by atoms with Crippen molar-refractivity contribution in [1.29, 1.82) is 0 Å². The third kappa shape index (κ3) is 24.2. The van der Waals surface area contributed by atoms with Crippen LogP contribution < -0.4 is 0 Å². The Bertz CT molecular complexity index is 1050. The molecule has 4 unspecified atom stereocenters. The van der Waals surface area contributed by atoms with E-state index in [2.05, 4.69) is 23.0 Å². The fraction of sp³-hybridized carbons (Fsp3) is 1.00. The van der Waals surface area contributed by atoms with Gasteiger partial charge in [0.2, 0.25) is 0 Å². The van der Waals surface area contributed by atoms with Crippen LogP contribution in [-0.4, -0.2) is 181 Å². The molecule has 1 saturated carbocycles. The highest BCUT2D eigenvalue weighted by Gasteiger charge is 2.60. The number of hydrogen-bond donors (Lipinski definition) is 9. The van der Waals surface area contributed by atoms with Gasteiger partial charge in [-0.2, -0.15) is 0 Å². The summed E-state index contributed by atoms with van der Waals surface area (Å²) in [5.41, 5.74) is 0.